The van der Waals surface area contributed by atoms with Crippen molar-refractivity contribution in [1.82, 2.24) is 4.98 Å². The lowest BCUT2D eigenvalue weighted by molar-refractivity contribution is 0.358. The third kappa shape index (κ3) is 2.88. The second kappa shape index (κ2) is 5.05. The first kappa shape index (κ1) is 11.7. The van der Waals surface area contributed by atoms with Gasteiger partial charge in [0.2, 0.25) is 0 Å². The number of aryl methyl sites for hydroxylation is 1. The van der Waals surface area contributed by atoms with Crippen LogP contribution in [0.3, 0.4) is 0 Å². The summed E-state index contributed by atoms with van der Waals surface area (Å²) in [6.07, 6.45) is 6.96. The van der Waals surface area contributed by atoms with E-state index in [-0.39, 0.29) is 0 Å². The van der Waals surface area contributed by atoms with Crippen molar-refractivity contribution in [3.63, 3.8) is 0 Å². The summed E-state index contributed by atoms with van der Waals surface area (Å²) in [6.45, 7) is 4.36. The van der Waals surface area contributed by atoms with E-state index in [9.17, 15) is 0 Å². The SMILES string of the molecule is Cc1cnc(Cl)c(NC2CCCC(C)C2)c1. The van der Waals surface area contributed by atoms with E-state index in [4.69, 9.17) is 11.6 Å². The van der Waals surface area contributed by atoms with Crippen molar-refractivity contribution < 1.29 is 0 Å². The fourth-order valence-corrected chi connectivity index (χ4v) is 2.60. The van der Waals surface area contributed by atoms with Gasteiger partial charge in [-0.2, -0.15) is 0 Å². The van der Waals surface area contributed by atoms with Crippen LogP contribution >= 0.6 is 11.6 Å². The fraction of sp³-hybridized carbons (Fsp3) is 0.615. The molecule has 1 aromatic heterocycles. The van der Waals surface area contributed by atoms with Crippen LogP contribution < -0.4 is 5.32 Å². The van der Waals surface area contributed by atoms with Gasteiger partial charge in [0.15, 0.2) is 5.15 Å². The van der Waals surface area contributed by atoms with E-state index in [0.29, 0.717) is 11.2 Å². The van der Waals surface area contributed by atoms with E-state index in [1.54, 1.807) is 6.20 Å². The number of aromatic nitrogens is 1. The summed E-state index contributed by atoms with van der Waals surface area (Å²) in [5, 5.41) is 4.11. The molecular weight excluding hydrogens is 220 g/mol. The van der Waals surface area contributed by atoms with Gasteiger partial charge >= 0.3 is 0 Å². The average molecular weight is 239 g/mol. The van der Waals surface area contributed by atoms with Crippen LogP contribution in [0.5, 0.6) is 0 Å². The summed E-state index contributed by atoms with van der Waals surface area (Å²) in [6, 6.07) is 2.64. The van der Waals surface area contributed by atoms with Gasteiger partial charge in [0.05, 0.1) is 5.69 Å². The predicted molar refractivity (Wildman–Crippen MR) is 69.0 cm³/mol. The Morgan fingerprint density at radius 1 is 1.44 bits per heavy atom. The Labute approximate surface area is 102 Å². The normalized spacial score (nSPS) is 25.4. The number of nitrogens with one attached hydrogen (secondary N) is 1. The fourth-order valence-electron chi connectivity index (χ4n) is 2.44. The number of rotatable bonds is 2. The summed E-state index contributed by atoms with van der Waals surface area (Å²) < 4.78 is 0. The molecule has 1 fully saturated rings. The first-order valence-electron chi connectivity index (χ1n) is 6.04. The van der Waals surface area contributed by atoms with Crippen molar-refractivity contribution in [1.29, 1.82) is 0 Å². The zero-order chi connectivity index (χ0) is 11.5. The maximum Gasteiger partial charge on any atom is 0.152 e. The van der Waals surface area contributed by atoms with Gasteiger partial charge in [-0.25, -0.2) is 4.98 Å². The molecule has 2 unspecified atom stereocenters. The van der Waals surface area contributed by atoms with Gasteiger partial charge in [0.1, 0.15) is 0 Å². The monoisotopic (exact) mass is 238 g/mol. The zero-order valence-corrected chi connectivity index (χ0v) is 10.7. The van der Waals surface area contributed by atoms with Crippen molar-refractivity contribution in [2.24, 2.45) is 5.92 Å². The maximum absolute atomic E-state index is 6.08. The molecule has 1 heterocycles. The van der Waals surface area contributed by atoms with Gasteiger partial charge in [0.25, 0.3) is 0 Å². The van der Waals surface area contributed by atoms with Gasteiger partial charge in [-0.15, -0.1) is 0 Å². The van der Waals surface area contributed by atoms with Crippen LogP contribution in [0.2, 0.25) is 5.15 Å². The van der Waals surface area contributed by atoms with Gasteiger partial charge < -0.3 is 5.32 Å². The minimum absolute atomic E-state index is 0.560. The molecule has 2 nitrogen and oxygen atoms in total. The van der Waals surface area contributed by atoms with Crippen LogP contribution in [0, 0.1) is 12.8 Å². The molecule has 1 saturated carbocycles. The minimum Gasteiger partial charge on any atom is -0.380 e. The van der Waals surface area contributed by atoms with Crippen LogP contribution in [-0.4, -0.2) is 11.0 Å². The second-order valence-corrected chi connectivity index (χ2v) is 5.32. The molecule has 1 aliphatic rings. The molecule has 0 saturated heterocycles. The lowest BCUT2D eigenvalue weighted by atomic mass is 9.87. The molecule has 3 heteroatoms. The Hall–Kier alpha value is -0.760. The molecular formula is C13H19ClN2. The van der Waals surface area contributed by atoms with E-state index in [1.807, 2.05) is 6.92 Å². The number of halogens is 1. The average Bonchev–Trinajstić information content (AvgIpc) is 2.24. The Morgan fingerprint density at radius 3 is 3.00 bits per heavy atom. The number of anilines is 1. The molecule has 2 rings (SSSR count). The highest BCUT2D eigenvalue weighted by Gasteiger charge is 2.19. The third-order valence-corrected chi connectivity index (χ3v) is 3.57. The molecule has 0 bridgehead atoms. The molecule has 2 atom stereocenters. The molecule has 1 aliphatic carbocycles. The molecule has 0 radical (unpaired) electrons. The topological polar surface area (TPSA) is 24.9 Å². The van der Waals surface area contributed by atoms with E-state index in [2.05, 4.69) is 23.3 Å². The van der Waals surface area contributed by atoms with E-state index < -0.39 is 0 Å². The Morgan fingerprint density at radius 2 is 2.25 bits per heavy atom. The number of pyridine rings is 1. The maximum atomic E-state index is 6.08. The molecule has 1 aromatic rings. The molecule has 88 valence electrons. The van der Waals surface area contributed by atoms with Crippen LogP contribution in [0.25, 0.3) is 0 Å². The number of nitrogens with zero attached hydrogens (tertiary/aromatic N) is 1. The molecule has 0 aliphatic heterocycles. The zero-order valence-electron chi connectivity index (χ0n) is 9.96. The summed E-state index contributed by atoms with van der Waals surface area (Å²) in [5.74, 6) is 0.822. The van der Waals surface area contributed by atoms with Crippen molar-refractivity contribution in [3.05, 3.63) is 23.0 Å². The summed E-state index contributed by atoms with van der Waals surface area (Å²) in [4.78, 5) is 4.17. The standard InChI is InChI=1S/C13H19ClN2/c1-9-4-3-5-11(6-9)16-12-7-10(2)8-15-13(12)14/h7-9,11,16H,3-6H2,1-2H3. The predicted octanol–water partition coefficient (Wildman–Crippen LogP) is 4.03. The Kier molecular flexibility index (Phi) is 3.70. The lowest BCUT2D eigenvalue weighted by Crippen LogP contribution is -2.26. The largest absolute Gasteiger partial charge is 0.380 e. The van der Waals surface area contributed by atoms with E-state index in [1.165, 1.54) is 25.7 Å². The summed E-state index contributed by atoms with van der Waals surface area (Å²) >= 11 is 6.08. The summed E-state index contributed by atoms with van der Waals surface area (Å²) in [5.41, 5.74) is 2.14. The Balaban J connectivity index is 2.05. The quantitative estimate of drug-likeness (QED) is 0.787. The first-order valence-corrected chi connectivity index (χ1v) is 6.41. The van der Waals surface area contributed by atoms with Crippen molar-refractivity contribution in [3.8, 4) is 0 Å². The number of hydrogen-bond donors (Lipinski definition) is 1. The second-order valence-electron chi connectivity index (χ2n) is 4.96. The van der Waals surface area contributed by atoms with Crippen LogP contribution in [0.4, 0.5) is 5.69 Å². The molecule has 16 heavy (non-hydrogen) atoms. The smallest absolute Gasteiger partial charge is 0.152 e. The first-order chi connectivity index (χ1) is 7.65. The van der Waals surface area contributed by atoms with E-state index >= 15 is 0 Å². The van der Waals surface area contributed by atoms with Gasteiger partial charge in [-0.05, 0) is 37.3 Å². The van der Waals surface area contributed by atoms with Gasteiger partial charge in [-0.1, -0.05) is 31.4 Å². The number of hydrogen-bond acceptors (Lipinski definition) is 2. The molecule has 1 N–H and O–H groups in total. The van der Waals surface area contributed by atoms with Crippen molar-refractivity contribution >= 4 is 17.3 Å². The molecule has 0 amide bonds. The Bertz CT molecular complexity index is 365. The van der Waals surface area contributed by atoms with Gasteiger partial charge in [-0.3, -0.25) is 0 Å². The lowest BCUT2D eigenvalue weighted by Gasteiger charge is -2.28. The highest BCUT2D eigenvalue weighted by atomic mass is 35.5. The van der Waals surface area contributed by atoms with Crippen molar-refractivity contribution in [2.45, 2.75) is 45.6 Å². The van der Waals surface area contributed by atoms with Crippen molar-refractivity contribution in [2.75, 3.05) is 5.32 Å². The van der Waals surface area contributed by atoms with E-state index in [0.717, 1.165) is 17.2 Å². The van der Waals surface area contributed by atoms with Gasteiger partial charge in [0, 0.05) is 12.2 Å². The van der Waals surface area contributed by atoms with Crippen LogP contribution in [-0.2, 0) is 0 Å². The minimum atomic E-state index is 0.560. The highest BCUT2D eigenvalue weighted by molar-refractivity contribution is 6.31. The van der Waals surface area contributed by atoms with Crippen LogP contribution in [0.15, 0.2) is 12.3 Å². The third-order valence-electron chi connectivity index (χ3n) is 3.27. The van der Waals surface area contributed by atoms with Crippen LogP contribution in [0.1, 0.15) is 38.2 Å². The summed E-state index contributed by atoms with van der Waals surface area (Å²) in [7, 11) is 0. The highest BCUT2D eigenvalue weighted by Crippen LogP contribution is 2.28. The molecule has 0 aromatic carbocycles. The molecule has 0 spiro atoms.